The van der Waals surface area contributed by atoms with Gasteiger partial charge in [-0.1, -0.05) is 55.9 Å². The molecule has 5 fully saturated rings. The van der Waals surface area contributed by atoms with E-state index < -0.39 is 106 Å². The molecular formula is C74H87N9O21S2. The highest BCUT2D eigenvalue weighted by Crippen LogP contribution is 2.69. The molecule has 6 amide bonds. The lowest BCUT2D eigenvalue weighted by Gasteiger charge is -2.68. The van der Waals surface area contributed by atoms with E-state index >= 15 is 0 Å². The summed E-state index contributed by atoms with van der Waals surface area (Å²) in [5.74, 6) is -6.89. The number of hydrogen-bond donors (Lipinski definition) is 9. The molecule has 566 valence electrons. The minimum Gasteiger partial charge on any atom is -0.493 e. The van der Waals surface area contributed by atoms with E-state index in [4.69, 9.17) is 33.8 Å². The number of aliphatic hydroxyl groups is 3. The van der Waals surface area contributed by atoms with Crippen LogP contribution in [0.25, 0.3) is 32.6 Å². The minimum atomic E-state index is -4.78. The molecule has 106 heavy (non-hydrogen) atoms. The average molecular weight is 1500 g/mol. The van der Waals surface area contributed by atoms with Crippen LogP contribution < -0.4 is 25.4 Å². The van der Waals surface area contributed by atoms with Crippen LogP contribution in [0.4, 0.5) is 9.93 Å². The number of carboxylic acid groups (broad SMARTS) is 2. The quantitative estimate of drug-likeness (QED) is 0.0126. The van der Waals surface area contributed by atoms with Crippen LogP contribution in [0.15, 0.2) is 91.1 Å². The SMILES string of the molecule is Cc1c(-c2ccc(-c3ccc4c(c3)C(C(=O)Nc3nc5ccccc5s3)CCC4)nc2C(=O)O)cnn1CC1C2CC3(C)CC(C)(C2)CC1(OCCN(C)C(=O)OCc1ccc(O[C@@H]2O[C@H](C(=O)O)[C@@H](O)[C@H](O)[C@H]2O)cc1OCCCNC(=O)[C@H](CS(=O)(=O)O)NC(=O)CCCCCN1C(=O)C=CC1=O)C3. The Bertz CT molecular complexity index is 4460. The summed E-state index contributed by atoms with van der Waals surface area (Å²) in [4.78, 5) is 115. The lowest BCUT2D eigenvalue weighted by Crippen LogP contribution is -2.65. The van der Waals surface area contributed by atoms with Gasteiger partial charge < -0.3 is 70.1 Å². The molecule has 4 bridgehead atoms. The van der Waals surface area contributed by atoms with Crippen molar-refractivity contribution in [3.63, 3.8) is 0 Å². The van der Waals surface area contributed by atoms with Gasteiger partial charge in [0.2, 0.25) is 24.0 Å². The van der Waals surface area contributed by atoms with Gasteiger partial charge in [-0.2, -0.15) is 13.5 Å². The third kappa shape index (κ3) is 17.2. The number of aromatic nitrogens is 4. The Hall–Kier alpha value is -9.28. The Kier molecular flexibility index (Phi) is 22.8. The number of hydrogen-bond acceptors (Lipinski definition) is 22. The molecular weight excluding hydrogens is 1410 g/mol. The van der Waals surface area contributed by atoms with Gasteiger partial charge >= 0.3 is 18.0 Å². The van der Waals surface area contributed by atoms with Crippen molar-refractivity contribution in [3.05, 3.63) is 119 Å². The number of likely N-dealkylation sites (N-methyl/N-ethyl adjacent to an activating group) is 1. The normalized spacial score (nSPS) is 25.4. The van der Waals surface area contributed by atoms with Gasteiger partial charge in [0.1, 0.15) is 48.2 Å². The maximum atomic E-state index is 13.9. The summed E-state index contributed by atoms with van der Waals surface area (Å²) in [6, 6.07) is 19.6. The monoisotopic (exact) mass is 1500 g/mol. The number of carbonyl (C=O) groups excluding carboxylic acids is 6. The summed E-state index contributed by atoms with van der Waals surface area (Å²) in [5.41, 5.74) is 5.16. The molecule has 10 atom stereocenters. The number of nitrogens with one attached hydrogen (secondary N) is 3. The van der Waals surface area contributed by atoms with E-state index in [9.17, 15) is 76.9 Å². The van der Waals surface area contributed by atoms with Crippen molar-refractivity contribution >= 4 is 84.4 Å². The average Bonchev–Trinajstić information content (AvgIpc) is 0.987. The highest BCUT2D eigenvalue weighted by atomic mass is 32.2. The number of pyridine rings is 1. The van der Waals surface area contributed by atoms with E-state index in [0.717, 1.165) is 89.0 Å². The number of rotatable bonds is 31. The molecule has 4 unspecified atom stereocenters. The second kappa shape index (κ2) is 31.7. The molecule has 9 N–H and O–H groups in total. The van der Waals surface area contributed by atoms with Gasteiger partial charge in [0.25, 0.3) is 21.9 Å². The fourth-order valence-corrected chi connectivity index (χ4v) is 18.3. The highest BCUT2D eigenvalue weighted by molar-refractivity contribution is 7.85. The number of carbonyl (C=O) groups is 8. The summed E-state index contributed by atoms with van der Waals surface area (Å²) in [5, 5.41) is 65.3. The standard InChI is InChI=1S/C74H87N9O21S2/c1-41-50(47-21-22-52(78-60(47)67(92)93)43-18-17-42-12-10-13-48(49(42)30-43)65(90)80-70-79-53-14-7-8-15-56(53)105-70)34-76-83(41)35-51-45-32-72(2)38-73(3,33-45)40-74(51,39-72)102-29-27-81(4)71(96)101-36-44-19-20-46(103-69-63(89)61(87)62(88)64(104-69)68(94)95)31-55(44)100-28-11-25-75-66(91)54(37-106(97,98)99)77-57(84)16-6-5-9-26-82-58(85)23-24-59(82)86/h7-8,14-15,17-24,30-31,34,45,48,51,54,61-64,69,87-89H,5-6,9-13,16,25-29,32-33,35-40H2,1-4H3,(H,75,91)(H,77,84)(H,92,93)(H,94,95)(H,79,80,90)(H,97,98,99)/t45?,48?,51?,54-,61-,62-,63+,64-,69+,72?,73?,74?/m0/s1. The number of carboxylic acids is 2. The zero-order valence-electron chi connectivity index (χ0n) is 59.0. The first-order chi connectivity index (χ1) is 50.4. The van der Waals surface area contributed by atoms with Crippen LogP contribution >= 0.6 is 11.3 Å². The first-order valence-corrected chi connectivity index (χ1v) is 37.9. The van der Waals surface area contributed by atoms with Crippen molar-refractivity contribution in [1.82, 2.24) is 40.2 Å². The molecule has 0 radical (unpaired) electrons. The number of aliphatic carboxylic acids is 1. The second-order valence-electron chi connectivity index (χ2n) is 29.3. The fraction of sp³-hybridized carbons (Fsp3) is 0.500. The molecule has 2 aliphatic heterocycles. The number of aryl methyl sites for hydroxylation is 1. The topological polar surface area (TPSA) is 424 Å². The van der Waals surface area contributed by atoms with Crippen LogP contribution in [-0.4, -0.2) is 204 Å². The molecule has 3 aromatic carbocycles. The highest BCUT2D eigenvalue weighted by Gasteiger charge is 2.65. The number of aliphatic hydroxyl groups excluding tert-OH is 3. The van der Waals surface area contributed by atoms with Crippen LogP contribution in [-0.2, 0) is 72.7 Å². The van der Waals surface area contributed by atoms with Crippen LogP contribution in [0.3, 0.4) is 0 Å². The summed E-state index contributed by atoms with van der Waals surface area (Å²) >= 11 is 1.42. The first kappa shape index (κ1) is 76.4. The zero-order chi connectivity index (χ0) is 75.6. The van der Waals surface area contributed by atoms with E-state index in [-0.39, 0.29) is 110 Å². The first-order valence-electron chi connectivity index (χ1n) is 35.4. The number of aromatic carboxylic acids is 1. The Morgan fingerprint density at radius 1 is 0.858 bits per heavy atom. The third-order valence-electron chi connectivity index (χ3n) is 21.2. The molecule has 7 aliphatic rings. The summed E-state index contributed by atoms with van der Waals surface area (Å²) in [6.07, 6.45) is 1.45. The fourth-order valence-electron chi connectivity index (χ4n) is 16.7. The minimum absolute atomic E-state index is 0.00536. The molecule has 6 aromatic rings. The van der Waals surface area contributed by atoms with Crippen LogP contribution in [0.1, 0.15) is 130 Å². The molecule has 4 saturated carbocycles. The summed E-state index contributed by atoms with van der Waals surface area (Å²) < 4.78 is 66.6. The van der Waals surface area contributed by atoms with Crippen LogP contribution in [0.2, 0.25) is 0 Å². The van der Waals surface area contributed by atoms with Crippen molar-refractivity contribution in [3.8, 4) is 33.9 Å². The van der Waals surface area contributed by atoms with Crippen LogP contribution in [0.5, 0.6) is 11.5 Å². The summed E-state index contributed by atoms with van der Waals surface area (Å²) in [6.45, 7) is 6.74. The van der Waals surface area contributed by atoms with Gasteiger partial charge in [-0.15, -0.1) is 0 Å². The van der Waals surface area contributed by atoms with Gasteiger partial charge in [0, 0.05) is 91.7 Å². The Morgan fingerprint density at radius 3 is 2.34 bits per heavy atom. The predicted molar refractivity (Wildman–Crippen MR) is 381 cm³/mol. The number of imide groups is 1. The molecule has 0 spiro atoms. The lowest BCUT2D eigenvalue weighted by atomic mass is 9.40. The van der Waals surface area contributed by atoms with Crippen molar-refractivity contribution in [1.29, 1.82) is 0 Å². The number of benzene rings is 3. The lowest BCUT2D eigenvalue weighted by molar-refractivity contribution is -0.271. The number of amides is 6. The zero-order valence-corrected chi connectivity index (χ0v) is 60.6. The number of fused-ring (bicyclic) bond motifs is 2. The maximum Gasteiger partial charge on any atom is 0.409 e. The van der Waals surface area contributed by atoms with Crippen molar-refractivity contribution in [2.45, 2.75) is 166 Å². The Morgan fingerprint density at radius 2 is 1.61 bits per heavy atom. The van der Waals surface area contributed by atoms with E-state index in [1.807, 2.05) is 54.1 Å². The van der Waals surface area contributed by atoms with Gasteiger partial charge in [-0.05, 0) is 148 Å². The molecule has 1 saturated heterocycles. The van der Waals surface area contributed by atoms with Crippen molar-refractivity contribution in [2.24, 2.45) is 22.7 Å². The number of anilines is 1. The maximum absolute atomic E-state index is 13.9. The Balaban J connectivity index is 0.682. The molecule has 5 aliphatic carbocycles. The van der Waals surface area contributed by atoms with Crippen molar-refractivity contribution in [2.75, 3.05) is 51.0 Å². The van der Waals surface area contributed by atoms with E-state index in [1.54, 1.807) is 25.4 Å². The van der Waals surface area contributed by atoms with Crippen molar-refractivity contribution < 1.29 is 101 Å². The van der Waals surface area contributed by atoms with Gasteiger partial charge in [0.15, 0.2) is 16.9 Å². The number of unbranched alkanes of at least 4 members (excludes halogenated alkanes) is 2. The smallest absolute Gasteiger partial charge is 0.409 e. The predicted octanol–water partition coefficient (Wildman–Crippen LogP) is 6.56. The molecule has 30 nitrogen and oxygen atoms in total. The van der Waals surface area contributed by atoms with E-state index in [2.05, 4.69) is 34.8 Å². The largest absolute Gasteiger partial charge is 0.493 e. The molecule has 13 rings (SSSR count). The van der Waals surface area contributed by atoms with E-state index in [0.29, 0.717) is 53.3 Å². The number of ether oxygens (including phenoxy) is 5. The number of thiazole rings is 1. The summed E-state index contributed by atoms with van der Waals surface area (Å²) in [7, 11) is -3.21. The Labute approximate surface area is 614 Å². The van der Waals surface area contributed by atoms with E-state index in [1.165, 1.54) is 34.4 Å². The third-order valence-corrected chi connectivity index (χ3v) is 22.9. The van der Waals surface area contributed by atoms with Gasteiger partial charge in [-0.3, -0.25) is 38.1 Å². The molecule has 32 heteroatoms. The number of nitrogens with zero attached hydrogens (tertiary/aromatic N) is 6. The van der Waals surface area contributed by atoms with Gasteiger partial charge in [0.05, 0.1) is 46.8 Å². The second-order valence-corrected chi connectivity index (χ2v) is 31.9. The van der Waals surface area contributed by atoms with Crippen LogP contribution in [0, 0.1) is 29.6 Å². The van der Waals surface area contributed by atoms with Gasteiger partial charge in [-0.25, -0.2) is 24.4 Å². The molecule has 3 aromatic heterocycles. The molecule has 5 heterocycles. The number of para-hydroxylation sites is 1.